The van der Waals surface area contributed by atoms with Gasteiger partial charge in [-0.3, -0.25) is 33.7 Å². The van der Waals surface area contributed by atoms with Gasteiger partial charge in [0.05, 0.1) is 12.8 Å². The number of fused-ring (bicyclic) bond motifs is 3. The van der Waals surface area contributed by atoms with Crippen LogP contribution in [0.2, 0.25) is 0 Å². The summed E-state index contributed by atoms with van der Waals surface area (Å²) in [5.41, 5.74) is 2.16. The van der Waals surface area contributed by atoms with Crippen molar-refractivity contribution >= 4 is 92.8 Å². The summed E-state index contributed by atoms with van der Waals surface area (Å²) in [7, 11) is 5.79. The molecule has 1 aliphatic heterocycles. The van der Waals surface area contributed by atoms with E-state index in [0.717, 1.165) is 16.5 Å². The third-order valence-corrected chi connectivity index (χ3v) is 11.1. The molecule has 3 aromatic carbocycles. The fraction of sp³-hybridized carbons (Fsp3) is 0.319. The summed E-state index contributed by atoms with van der Waals surface area (Å²) in [6.07, 6.45) is 3.31. The summed E-state index contributed by atoms with van der Waals surface area (Å²) in [5.74, 6) is -3.36. The normalized spacial score (nSPS) is 13.0. The second-order valence-corrected chi connectivity index (χ2v) is 17.5. The summed E-state index contributed by atoms with van der Waals surface area (Å²) in [6.45, 7) is 5.60. The highest BCUT2D eigenvalue weighted by atomic mass is 35.5. The number of carbonyl (C=O) groups is 7. The number of benzene rings is 3. The van der Waals surface area contributed by atoms with E-state index < -0.39 is 47.2 Å². The molecule has 6 aromatic rings. The Morgan fingerprint density at radius 1 is 0.714 bits per heavy atom. The number of hydrogen-bond acceptors (Lipinski definition) is 13. The minimum absolute atomic E-state index is 0.0108. The highest BCUT2D eigenvalue weighted by molar-refractivity contribution is 6.19. The maximum Gasteiger partial charge on any atom is 0.414 e. The molecule has 22 nitrogen and oxygen atoms in total. The quantitative estimate of drug-likeness (QED) is 0.0597. The lowest BCUT2D eigenvalue weighted by Crippen LogP contribution is -2.36. The van der Waals surface area contributed by atoms with Crippen LogP contribution in [-0.2, 0) is 51.6 Å². The summed E-state index contributed by atoms with van der Waals surface area (Å²) in [4.78, 5) is 104. The molecule has 0 saturated carbocycles. The maximum absolute atomic E-state index is 13.4. The van der Waals surface area contributed by atoms with Gasteiger partial charge in [0.1, 0.15) is 24.5 Å². The molecule has 0 spiro atoms. The molecular formula is C47H51ClN12O10. The number of carbonyl (C=O) groups excluding carboxylic acids is 7. The van der Waals surface area contributed by atoms with Crippen LogP contribution in [-0.4, -0.2) is 102 Å². The second kappa shape index (κ2) is 20.9. The lowest BCUT2D eigenvalue weighted by Gasteiger charge is -2.25. The predicted molar refractivity (Wildman–Crippen MR) is 258 cm³/mol. The molecule has 3 aromatic heterocycles. The van der Waals surface area contributed by atoms with Crippen molar-refractivity contribution in [1.29, 1.82) is 0 Å². The van der Waals surface area contributed by atoms with Crippen molar-refractivity contribution in [3.05, 3.63) is 102 Å². The number of esters is 1. The van der Waals surface area contributed by atoms with Crippen molar-refractivity contribution in [3.63, 3.8) is 0 Å². The monoisotopic (exact) mass is 978 g/mol. The zero-order chi connectivity index (χ0) is 50.4. The number of hydrogen-bond donors (Lipinski definition) is 5. The Morgan fingerprint density at radius 3 is 1.83 bits per heavy atom. The van der Waals surface area contributed by atoms with Gasteiger partial charge in [-0.2, -0.15) is 0 Å². The number of alkyl halides is 1. The molecule has 5 N–H and O–H groups in total. The number of nitrogens with one attached hydrogen (secondary N) is 5. The fourth-order valence-electron chi connectivity index (χ4n) is 7.53. The van der Waals surface area contributed by atoms with E-state index in [4.69, 9.17) is 21.1 Å². The number of methoxy groups -OCH3 is 1. The van der Waals surface area contributed by atoms with Crippen LogP contribution >= 0.6 is 11.6 Å². The van der Waals surface area contributed by atoms with E-state index in [1.165, 1.54) is 53.5 Å². The molecular weight excluding hydrogens is 928 g/mol. The van der Waals surface area contributed by atoms with E-state index >= 15 is 0 Å². The van der Waals surface area contributed by atoms with E-state index in [0.29, 0.717) is 29.1 Å². The van der Waals surface area contributed by atoms with Gasteiger partial charge < -0.3 is 54.5 Å². The molecule has 70 heavy (non-hydrogen) atoms. The van der Waals surface area contributed by atoms with E-state index in [9.17, 15) is 33.6 Å². The number of anilines is 5. The Hall–Kier alpha value is -8.27. The van der Waals surface area contributed by atoms with Gasteiger partial charge in [0.25, 0.3) is 17.7 Å². The van der Waals surface area contributed by atoms with Crippen molar-refractivity contribution < 1.29 is 47.8 Å². The average molecular weight is 979 g/mol. The summed E-state index contributed by atoms with van der Waals surface area (Å²) in [6, 6.07) is 16.8. The molecule has 7 rings (SSSR count). The first-order valence-electron chi connectivity index (χ1n) is 21.8. The minimum Gasteiger partial charge on any atom is -0.488 e. The maximum atomic E-state index is 13.4. The predicted octanol–water partition coefficient (Wildman–Crippen LogP) is 5.46. The van der Waals surface area contributed by atoms with Crippen molar-refractivity contribution in [2.75, 3.05) is 52.2 Å². The topological polar surface area (TPSA) is 264 Å². The Balaban J connectivity index is 0.963. The summed E-state index contributed by atoms with van der Waals surface area (Å²) >= 11 is 6.49. The molecule has 0 saturated heterocycles. The summed E-state index contributed by atoms with van der Waals surface area (Å²) in [5, 5.41) is 14.5. The van der Waals surface area contributed by atoms with Gasteiger partial charge in [0.15, 0.2) is 17.5 Å². The van der Waals surface area contributed by atoms with Crippen molar-refractivity contribution in [2.24, 2.45) is 21.1 Å². The third kappa shape index (κ3) is 11.7. The van der Waals surface area contributed by atoms with Crippen LogP contribution in [0.1, 0.15) is 82.5 Å². The van der Waals surface area contributed by atoms with Crippen LogP contribution in [0, 0.1) is 0 Å². The number of aromatic nitrogens is 6. The molecule has 4 heterocycles. The number of nitrogens with zero attached hydrogens (tertiary/aromatic N) is 7. The molecule has 23 heteroatoms. The van der Waals surface area contributed by atoms with Crippen molar-refractivity contribution in [3.8, 4) is 5.75 Å². The second-order valence-electron chi connectivity index (χ2n) is 17.2. The SMILES string of the molecule is COC(=O)CNC(=O)c1nc(NC(=O)c2nc(NC(=O)c3nc(NC(=O)CCC(=O)Nc4ccc5c6c(cc(OCc7ccccc7)c5c4)N(C(=O)OC(C)(C)C)CC6CCl)cn3C)cn2C)cn1C. The van der Waals surface area contributed by atoms with Gasteiger partial charge in [-0.1, -0.05) is 36.4 Å². The highest BCUT2D eigenvalue weighted by Gasteiger charge is 2.37. The van der Waals surface area contributed by atoms with Gasteiger partial charge in [-0.15, -0.1) is 11.6 Å². The smallest absolute Gasteiger partial charge is 0.414 e. The Bertz CT molecular complexity index is 3010. The highest BCUT2D eigenvalue weighted by Crippen LogP contribution is 2.47. The number of ether oxygens (including phenoxy) is 3. The molecule has 1 unspecified atom stereocenters. The zero-order valence-electron chi connectivity index (χ0n) is 39.3. The van der Waals surface area contributed by atoms with Crippen LogP contribution in [0.15, 0.2) is 73.2 Å². The van der Waals surface area contributed by atoms with Gasteiger partial charge in [-0.25, -0.2) is 19.7 Å². The molecule has 6 amide bonds. The standard InChI is InChI=1S/C47H51ClN12O10/c1-47(2,3)70-46(67)60-21-27(19-48)39-29-14-13-28(17-30(29)32(18-31(39)60)69-25-26-11-9-8-10-12-26)50-36(61)15-16-37(62)51-33-22-58(5)41(52-33)44(65)56-35-24-59(6)42(54-35)45(66)55-34-23-57(4)40(53-34)43(64)49-20-38(63)68-7/h8-14,17-18,22-24,27H,15-16,19-21,25H2,1-7H3,(H,49,64)(H,50,61)(H,51,62)(H,55,66)(H,56,65). The van der Waals surface area contributed by atoms with Gasteiger partial charge in [0, 0.05) is 88.1 Å². The number of rotatable bonds is 16. The molecule has 0 fully saturated rings. The number of halogens is 1. The number of imidazole rings is 3. The Morgan fingerprint density at radius 2 is 1.27 bits per heavy atom. The number of aryl methyl sites for hydroxylation is 3. The van der Waals surface area contributed by atoms with E-state index in [2.05, 4.69) is 46.3 Å². The molecule has 1 aliphatic rings. The van der Waals surface area contributed by atoms with Gasteiger partial charge >= 0.3 is 12.1 Å². The van der Waals surface area contributed by atoms with Gasteiger partial charge in [0.2, 0.25) is 29.3 Å². The minimum atomic E-state index is -0.718. The Kier molecular flexibility index (Phi) is 14.8. The van der Waals surface area contributed by atoms with E-state index in [-0.39, 0.29) is 72.7 Å². The lowest BCUT2D eigenvalue weighted by molar-refractivity contribution is -0.139. The van der Waals surface area contributed by atoms with Crippen molar-refractivity contribution in [2.45, 2.75) is 51.7 Å². The first-order chi connectivity index (χ1) is 33.3. The Labute approximate surface area is 406 Å². The van der Waals surface area contributed by atoms with E-state index in [1.54, 1.807) is 50.9 Å². The summed E-state index contributed by atoms with van der Waals surface area (Å²) < 4.78 is 20.7. The molecule has 0 bridgehead atoms. The molecule has 0 aliphatic carbocycles. The third-order valence-electron chi connectivity index (χ3n) is 10.7. The first-order valence-corrected chi connectivity index (χ1v) is 22.4. The first kappa shape index (κ1) is 49.6. The van der Waals surface area contributed by atoms with Crippen LogP contribution in [0.5, 0.6) is 5.75 Å². The lowest BCUT2D eigenvalue weighted by atomic mass is 9.95. The van der Waals surface area contributed by atoms with Crippen LogP contribution in [0.25, 0.3) is 10.8 Å². The van der Waals surface area contributed by atoms with Crippen molar-refractivity contribution in [1.82, 2.24) is 34.0 Å². The largest absolute Gasteiger partial charge is 0.488 e. The molecule has 366 valence electrons. The average Bonchev–Trinajstić information content (AvgIpc) is 4.09. The van der Waals surface area contributed by atoms with Gasteiger partial charge in [-0.05, 0) is 49.4 Å². The molecule has 0 radical (unpaired) electrons. The zero-order valence-corrected chi connectivity index (χ0v) is 40.1. The van der Waals surface area contributed by atoms with Crippen LogP contribution in [0.3, 0.4) is 0 Å². The van der Waals surface area contributed by atoms with E-state index in [1.807, 2.05) is 36.4 Å². The van der Waals surface area contributed by atoms with Crippen LogP contribution in [0.4, 0.5) is 33.6 Å². The number of amides is 6. The fourth-order valence-corrected chi connectivity index (χ4v) is 7.78. The van der Waals surface area contributed by atoms with Crippen LogP contribution < -0.4 is 36.2 Å². The molecule has 1 atom stereocenters.